The molecule has 1 aliphatic rings. The first-order chi connectivity index (χ1) is 16.9. The minimum absolute atomic E-state index is 0.0613. The van der Waals surface area contributed by atoms with Crippen LogP contribution in [0.3, 0.4) is 0 Å². The highest BCUT2D eigenvalue weighted by atomic mass is 16.5. The van der Waals surface area contributed by atoms with Crippen molar-refractivity contribution in [1.29, 1.82) is 5.26 Å². The van der Waals surface area contributed by atoms with Crippen LogP contribution in [0, 0.1) is 25.2 Å². The molecule has 1 aromatic heterocycles. The molecule has 2 heterocycles. The van der Waals surface area contributed by atoms with Crippen molar-refractivity contribution in [2.75, 3.05) is 26.8 Å². The van der Waals surface area contributed by atoms with E-state index in [4.69, 9.17) is 15.0 Å². The Morgan fingerprint density at radius 1 is 1.20 bits per heavy atom. The third-order valence-corrected chi connectivity index (χ3v) is 7.06. The van der Waals surface area contributed by atoms with E-state index in [1.165, 1.54) is 5.56 Å². The number of piperidine rings is 1. The van der Waals surface area contributed by atoms with Gasteiger partial charge < -0.3 is 9.64 Å². The third-order valence-electron chi connectivity index (χ3n) is 7.06. The Kier molecular flexibility index (Phi) is 7.62. The van der Waals surface area contributed by atoms with Crippen LogP contribution < -0.4 is 0 Å². The van der Waals surface area contributed by atoms with E-state index in [0.717, 1.165) is 41.8 Å². The summed E-state index contributed by atoms with van der Waals surface area (Å²) in [7, 11) is 1.70. The molecule has 1 unspecified atom stereocenters. The van der Waals surface area contributed by atoms with Crippen LogP contribution in [-0.4, -0.2) is 52.8 Å². The fraction of sp³-hybridized carbons (Fsp3) is 0.429. The van der Waals surface area contributed by atoms with Gasteiger partial charge >= 0.3 is 0 Å². The standard InChI is InChI=1S/C28H33N5O2/c1-18(11-14-35-4)26-30-27(32-31-26)24-16-25(20(3)15-19(24)2)28(34)33-12-9-23(10-13-33)22-7-5-21(17-29)6-8-22/h5-8,15-16,18,23H,9-14H2,1-4H3,(H,30,31,32). The quantitative estimate of drug-likeness (QED) is 0.516. The molecule has 7 heteroatoms. The summed E-state index contributed by atoms with van der Waals surface area (Å²) in [5.41, 5.74) is 5.53. The Morgan fingerprint density at radius 3 is 2.57 bits per heavy atom. The number of aromatic amines is 1. The molecule has 2 aromatic carbocycles. The van der Waals surface area contributed by atoms with Crippen LogP contribution >= 0.6 is 0 Å². The fourth-order valence-electron chi connectivity index (χ4n) is 4.79. The van der Waals surface area contributed by atoms with Crippen molar-refractivity contribution in [1.82, 2.24) is 20.1 Å². The summed E-state index contributed by atoms with van der Waals surface area (Å²) in [5, 5.41) is 16.5. The predicted octanol–water partition coefficient (Wildman–Crippen LogP) is 5.12. The molecule has 1 aliphatic heterocycles. The maximum Gasteiger partial charge on any atom is 0.254 e. The number of benzene rings is 2. The number of nitrogens with zero attached hydrogens (tertiary/aromatic N) is 4. The van der Waals surface area contributed by atoms with Gasteiger partial charge in [-0.25, -0.2) is 4.98 Å². The van der Waals surface area contributed by atoms with Gasteiger partial charge in [0, 0.05) is 43.9 Å². The molecule has 0 radical (unpaired) electrons. The number of hydrogen-bond acceptors (Lipinski definition) is 5. The molecule has 182 valence electrons. The molecule has 7 nitrogen and oxygen atoms in total. The lowest BCUT2D eigenvalue weighted by molar-refractivity contribution is 0.0712. The lowest BCUT2D eigenvalue weighted by Gasteiger charge is -2.32. The lowest BCUT2D eigenvalue weighted by Crippen LogP contribution is -2.38. The Bertz CT molecular complexity index is 1220. The average Bonchev–Trinajstić information content (AvgIpc) is 3.37. The molecule has 0 saturated carbocycles. The zero-order valence-electron chi connectivity index (χ0n) is 21.0. The summed E-state index contributed by atoms with van der Waals surface area (Å²) in [6.45, 7) is 8.22. The molecule has 35 heavy (non-hydrogen) atoms. The molecule has 0 bridgehead atoms. The zero-order valence-corrected chi connectivity index (χ0v) is 21.0. The number of methoxy groups -OCH3 is 1. The summed E-state index contributed by atoms with van der Waals surface area (Å²) in [4.78, 5) is 20.2. The van der Waals surface area contributed by atoms with Crippen molar-refractivity contribution in [2.24, 2.45) is 0 Å². The summed E-state index contributed by atoms with van der Waals surface area (Å²) >= 11 is 0. The number of H-pyrrole nitrogens is 1. The monoisotopic (exact) mass is 471 g/mol. The molecule has 1 amide bonds. The van der Waals surface area contributed by atoms with Crippen molar-refractivity contribution in [3.63, 3.8) is 0 Å². The third kappa shape index (κ3) is 5.44. The van der Waals surface area contributed by atoms with Gasteiger partial charge in [-0.1, -0.05) is 25.1 Å². The van der Waals surface area contributed by atoms with Gasteiger partial charge in [0.25, 0.3) is 5.91 Å². The van der Waals surface area contributed by atoms with Gasteiger partial charge in [-0.3, -0.25) is 9.89 Å². The highest BCUT2D eigenvalue weighted by molar-refractivity contribution is 5.97. The number of aromatic nitrogens is 3. The number of amides is 1. The van der Waals surface area contributed by atoms with E-state index >= 15 is 0 Å². The number of nitriles is 1. The first kappa shape index (κ1) is 24.6. The van der Waals surface area contributed by atoms with Crippen LogP contribution in [0.1, 0.15) is 76.5 Å². The van der Waals surface area contributed by atoms with E-state index in [-0.39, 0.29) is 11.8 Å². The van der Waals surface area contributed by atoms with Gasteiger partial charge in [-0.2, -0.15) is 10.4 Å². The van der Waals surface area contributed by atoms with Crippen LogP contribution in [0.15, 0.2) is 36.4 Å². The predicted molar refractivity (Wildman–Crippen MR) is 135 cm³/mol. The molecule has 4 rings (SSSR count). The van der Waals surface area contributed by atoms with Crippen molar-refractivity contribution in [2.45, 2.75) is 51.9 Å². The maximum atomic E-state index is 13.5. The van der Waals surface area contributed by atoms with Gasteiger partial charge in [0.1, 0.15) is 5.82 Å². The van der Waals surface area contributed by atoms with E-state index < -0.39 is 0 Å². The van der Waals surface area contributed by atoms with E-state index in [2.05, 4.69) is 29.3 Å². The normalized spacial score (nSPS) is 15.1. The molecule has 1 atom stereocenters. The number of carbonyl (C=O) groups excluding carboxylic acids is 1. The second kappa shape index (κ2) is 10.8. The number of likely N-dealkylation sites (tertiary alicyclic amines) is 1. The number of rotatable bonds is 7. The van der Waals surface area contributed by atoms with Crippen LogP contribution in [0.2, 0.25) is 0 Å². The van der Waals surface area contributed by atoms with Gasteiger partial charge in [0.05, 0.1) is 11.6 Å². The SMILES string of the molecule is COCCC(C)c1nc(-c2cc(C(=O)N3CCC(c4ccc(C#N)cc4)CC3)c(C)cc2C)n[nH]1. The van der Waals surface area contributed by atoms with E-state index in [9.17, 15) is 4.79 Å². The van der Waals surface area contributed by atoms with Gasteiger partial charge in [0.2, 0.25) is 0 Å². The molecular formula is C28H33N5O2. The maximum absolute atomic E-state index is 13.5. The number of hydrogen-bond donors (Lipinski definition) is 1. The minimum atomic E-state index is 0.0613. The highest BCUT2D eigenvalue weighted by Gasteiger charge is 2.26. The first-order valence-electron chi connectivity index (χ1n) is 12.2. The number of nitrogens with one attached hydrogen (secondary N) is 1. The Hall–Kier alpha value is -3.50. The zero-order chi connectivity index (χ0) is 24.9. The van der Waals surface area contributed by atoms with Gasteiger partial charge in [-0.05, 0) is 73.9 Å². The molecule has 1 saturated heterocycles. The first-order valence-corrected chi connectivity index (χ1v) is 12.2. The molecular weight excluding hydrogens is 438 g/mol. The Labute approximate surface area is 207 Å². The number of aryl methyl sites for hydroxylation is 2. The fourth-order valence-corrected chi connectivity index (χ4v) is 4.79. The molecule has 3 aromatic rings. The van der Waals surface area contributed by atoms with Crippen LogP contribution in [0.4, 0.5) is 0 Å². The Morgan fingerprint density at radius 2 is 1.91 bits per heavy atom. The van der Waals surface area contributed by atoms with Crippen LogP contribution in [-0.2, 0) is 4.74 Å². The van der Waals surface area contributed by atoms with Crippen molar-refractivity contribution < 1.29 is 9.53 Å². The number of ether oxygens (including phenoxy) is 1. The summed E-state index contributed by atoms with van der Waals surface area (Å²) < 4.78 is 5.18. The highest BCUT2D eigenvalue weighted by Crippen LogP contribution is 2.31. The van der Waals surface area contributed by atoms with Crippen molar-refractivity contribution in [3.05, 3.63) is 70.0 Å². The second-order valence-corrected chi connectivity index (χ2v) is 9.51. The molecule has 1 fully saturated rings. The van der Waals surface area contributed by atoms with Crippen molar-refractivity contribution in [3.8, 4) is 17.5 Å². The molecule has 1 N–H and O–H groups in total. The van der Waals surface area contributed by atoms with E-state index in [1.807, 2.05) is 49.1 Å². The smallest absolute Gasteiger partial charge is 0.254 e. The summed E-state index contributed by atoms with van der Waals surface area (Å²) in [6, 6.07) is 14.0. The van der Waals surface area contributed by atoms with Crippen LogP contribution in [0.25, 0.3) is 11.4 Å². The largest absolute Gasteiger partial charge is 0.385 e. The number of carbonyl (C=O) groups is 1. The van der Waals surface area contributed by atoms with Crippen molar-refractivity contribution >= 4 is 5.91 Å². The van der Waals surface area contributed by atoms with E-state index in [1.54, 1.807) is 7.11 Å². The minimum Gasteiger partial charge on any atom is -0.385 e. The van der Waals surface area contributed by atoms with E-state index in [0.29, 0.717) is 42.6 Å². The Balaban J connectivity index is 1.48. The average molecular weight is 472 g/mol. The lowest BCUT2D eigenvalue weighted by atomic mass is 9.88. The van der Waals surface area contributed by atoms with Gasteiger partial charge in [0.15, 0.2) is 5.82 Å². The molecule has 0 spiro atoms. The van der Waals surface area contributed by atoms with Gasteiger partial charge in [-0.15, -0.1) is 0 Å². The second-order valence-electron chi connectivity index (χ2n) is 9.51. The van der Waals surface area contributed by atoms with Crippen LogP contribution in [0.5, 0.6) is 0 Å². The summed E-state index contributed by atoms with van der Waals surface area (Å²) in [6.07, 6.45) is 2.69. The topological polar surface area (TPSA) is 94.9 Å². The summed E-state index contributed by atoms with van der Waals surface area (Å²) in [5.74, 6) is 2.13. The molecule has 0 aliphatic carbocycles.